The van der Waals surface area contributed by atoms with Crippen LogP contribution in [-0.4, -0.2) is 54.2 Å². The standard InChI is InChI=1S/C14H27N3O3/c1-5-17-7-6-10(9-17)8-15-13(20)16-11(12(18)19)14(2,3)4/h10-11H,5-9H2,1-4H3,(H,18,19)(H2,15,16,20)/t10?,11-/m1/s1. The van der Waals surface area contributed by atoms with Crippen LogP contribution in [0.1, 0.15) is 34.1 Å². The minimum Gasteiger partial charge on any atom is -0.480 e. The summed E-state index contributed by atoms with van der Waals surface area (Å²) in [5.74, 6) is -0.552. The SMILES string of the molecule is CCN1CCC(CNC(=O)N[C@H](C(=O)O)C(C)(C)C)C1. The molecule has 3 N–H and O–H groups in total. The van der Waals surface area contributed by atoms with Crippen LogP contribution in [0.4, 0.5) is 4.79 Å². The van der Waals surface area contributed by atoms with Crippen molar-refractivity contribution >= 4 is 12.0 Å². The molecule has 1 aliphatic heterocycles. The molecule has 0 radical (unpaired) electrons. The lowest BCUT2D eigenvalue weighted by atomic mass is 9.87. The lowest BCUT2D eigenvalue weighted by Gasteiger charge is -2.28. The minimum atomic E-state index is -1.01. The molecule has 1 heterocycles. The summed E-state index contributed by atoms with van der Waals surface area (Å²) in [5, 5.41) is 14.5. The maximum absolute atomic E-state index is 11.8. The lowest BCUT2D eigenvalue weighted by molar-refractivity contribution is -0.141. The summed E-state index contributed by atoms with van der Waals surface area (Å²) < 4.78 is 0. The van der Waals surface area contributed by atoms with Crippen molar-refractivity contribution in [2.45, 2.75) is 40.2 Å². The van der Waals surface area contributed by atoms with Gasteiger partial charge in [-0.05, 0) is 30.8 Å². The van der Waals surface area contributed by atoms with E-state index < -0.39 is 23.5 Å². The van der Waals surface area contributed by atoms with Crippen molar-refractivity contribution < 1.29 is 14.7 Å². The summed E-state index contributed by atoms with van der Waals surface area (Å²) in [5.41, 5.74) is -0.518. The highest BCUT2D eigenvalue weighted by atomic mass is 16.4. The van der Waals surface area contributed by atoms with Crippen molar-refractivity contribution in [2.75, 3.05) is 26.2 Å². The van der Waals surface area contributed by atoms with E-state index in [2.05, 4.69) is 22.5 Å². The Hall–Kier alpha value is -1.30. The molecule has 0 aromatic heterocycles. The van der Waals surface area contributed by atoms with Crippen LogP contribution >= 0.6 is 0 Å². The summed E-state index contributed by atoms with van der Waals surface area (Å²) in [4.78, 5) is 25.3. The maximum atomic E-state index is 11.8. The molecule has 0 aliphatic carbocycles. The normalized spacial score (nSPS) is 21.5. The van der Waals surface area contributed by atoms with Gasteiger partial charge in [0.2, 0.25) is 0 Å². The predicted octanol–water partition coefficient (Wildman–Crippen LogP) is 1.13. The molecule has 0 spiro atoms. The van der Waals surface area contributed by atoms with Crippen molar-refractivity contribution in [1.29, 1.82) is 0 Å². The van der Waals surface area contributed by atoms with Gasteiger partial charge in [0.05, 0.1) is 0 Å². The minimum absolute atomic E-state index is 0.401. The first-order valence-electron chi connectivity index (χ1n) is 7.23. The quantitative estimate of drug-likeness (QED) is 0.707. The van der Waals surface area contributed by atoms with Crippen molar-refractivity contribution in [3.63, 3.8) is 0 Å². The fourth-order valence-electron chi connectivity index (χ4n) is 2.43. The van der Waals surface area contributed by atoms with E-state index >= 15 is 0 Å². The fourth-order valence-corrected chi connectivity index (χ4v) is 2.43. The highest BCUT2D eigenvalue weighted by Gasteiger charge is 2.32. The molecule has 6 heteroatoms. The first kappa shape index (κ1) is 16.8. The number of nitrogens with one attached hydrogen (secondary N) is 2. The zero-order valence-electron chi connectivity index (χ0n) is 12.9. The number of carboxylic acids is 1. The summed E-state index contributed by atoms with van der Waals surface area (Å²) in [6.07, 6.45) is 1.08. The number of hydrogen-bond donors (Lipinski definition) is 3. The summed E-state index contributed by atoms with van der Waals surface area (Å²) in [6.45, 7) is 11.2. The molecule has 116 valence electrons. The number of carbonyl (C=O) groups is 2. The van der Waals surface area contributed by atoms with E-state index in [1.807, 2.05) is 0 Å². The smallest absolute Gasteiger partial charge is 0.326 e. The van der Waals surface area contributed by atoms with Crippen molar-refractivity contribution in [1.82, 2.24) is 15.5 Å². The fraction of sp³-hybridized carbons (Fsp3) is 0.857. The number of likely N-dealkylation sites (tertiary alicyclic amines) is 1. The van der Waals surface area contributed by atoms with Gasteiger partial charge in [-0.1, -0.05) is 27.7 Å². The zero-order chi connectivity index (χ0) is 15.3. The average Bonchev–Trinajstić information content (AvgIpc) is 2.79. The van der Waals surface area contributed by atoms with Crippen LogP contribution in [0.15, 0.2) is 0 Å². The average molecular weight is 285 g/mol. The summed E-state index contributed by atoms with van der Waals surface area (Å²) in [7, 11) is 0. The van der Waals surface area contributed by atoms with Crippen LogP contribution < -0.4 is 10.6 Å². The molecule has 2 amide bonds. The second kappa shape index (κ2) is 6.92. The summed E-state index contributed by atoms with van der Waals surface area (Å²) in [6, 6.07) is -1.29. The highest BCUT2D eigenvalue weighted by Crippen LogP contribution is 2.19. The van der Waals surface area contributed by atoms with E-state index in [1.54, 1.807) is 20.8 Å². The molecule has 0 aromatic rings. The maximum Gasteiger partial charge on any atom is 0.326 e. The zero-order valence-corrected chi connectivity index (χ0v) is 12.9. The molecule has 2 atom stereocenters. The number of carboxylic acid groups (broad SMARTS) is 1. The topological polar surface area (TPSA) is 81.7 Å². The largest absolute Gasteiger partial charge is 0.480 e. The van der Waals surface area contributed by atoms with E-state index in [0.717, 1.165) is 26.1 Å². The van der Waals surface area contributed by atoms with Crippen LogP contribution in [0.2, 0.25) is 0 Å². The Morgan fingerprint density at radius 3 is 2.50 bits per heavy atom. The van der Waals surface area contributed by atoms with Gasteiger partial charge < -0.3 is 20.6 Å². The Morgan fingerprint density at radius 1 is 1.40 bits per heavy atom. The van der Waals surface area contributed by atoms with Crippen molar-refractivity contribution in [2.24, 2.45) is 11.3 Å². The van der Waals surface area contributed by atoms with E-state index in [9.17, 15) is 9.59 Å². The Kier molecular flexibility index (Phi) is 5.80. The van der Waals surface area contributed by atoms with Crippen molar-refractivity contribution in [3.05, 3.63) is 0 Å². The number of rotatable bonds is 5. The summed E-state index contributed by atoms with van der Waals surface area (Å²) >= 11 is 0. The van der Waals surface area contributed by atoms with Gasteiger partial charge in [0.1, 0.15) is 6.04 Å². The Bertz CT molecular complexity index is 352. The molecule has 20 heavy (non-hydrogen) atoms. The molecule has 0 aromatic carbocycles. The third-order valence-corrected chi connectivity index (χ3v) is 3.76. The predicted molar refractivity (Wildman–Crippen MR) is 77.6 cm³/mol. The lowest BCUT2D eigenvalue weighted by Crippen LogP contribution is -2.52. The third kappa shape index (κ3) is 5.00. The van der Waals surface area contributed by atoms with Crippen LogP contribution in [0, 0.1) is 11.3 Å². The van der Waals surface area contributed by atoms with Crippen LogP contribution in [0.5, 0.6) is 0 Å². The number of hydrogen-bond acceptors (Lipinski definition) is 3. The van der Waals surface area contributed by atoms with E-state index in [-0.39, 0.29) is 0 Å². The van der Waals surface area contributed by atoms with Crippen LogP contribution in [-0.2, 0) is 4.79 Å². The molecule has 1 rings (SSSR count). The Morgan fingerprint density at radius 2 is 2.05 bits per heavy atom. The molecular formula is C14H27N3O3. The molecule has 1 unspecified atom stereocenters. The third-order valence-electron chi connectivity index (χ3n) is 3.76. The van der Waals surface area contributed by atoms with Gasteiger partial charge in [-0.15, -0.1) is 0 Å². The second-order valence-corrected chi connectivity index (χ2v) is 6.54. The monoisotopic (exact) mass is 285 g/mol. The molecule has 0 saturated carbocycles. The van der Waals surface area contributed by atoms with E-state index in [1.165, 1.54) is 0 Å². The van der Waals surface area contributed by atoms with Gasteiger partial charge in [-0.3, -0.25) is 0 Å². The molecule has 1 fully saturated rings. The number of amides is 2. The molecule has 1 aliphatic rings. The van der Waals surface area contributed by atoms with E-state index in [4.69, 9.17) is 5.11 Å². The van der Waals surface area contributed by atoms with Gasteiger partial charge in [-0.2, -0.15) is 0 Å². The van der Waals surface area contributed by atoms with Crippen molar-refractivity contribution in [3.8, 4) is 0 Å². The molecule has 6 nitrogen and oxygen atoms in total. The number of urea groups is 1. The van der Waals surface area contributed by atoms with Gasteiger partial charge in [0, 0.05) is 13.1 Å². The van der Waals surface area contributed by atoms with Gasteiger partial charge >= 0.3 is 12.0 Å². The molecular weight excluding hydrogens is 258 g/mol. The first-order chi connectivity index (χ1) is 9.24. The Labute approximate surface area is 120 Å². The Balaban J connectivity index is 2.38. The van der Waals surface area contributed by atoms with Gasteiger partial charge in [0.15, 0.2) is 0 Å². The second-order valence-electron chi connectivity index (χ2n) is 6.54. The van der Waals surface area contributed by atoms with Crippen LogP contribution in [0.25, 0.3) is 0 Å². The number of nitrogens with zero attached hydrogens (tertiary/aromatic N) is 1. The molecule has 0 bridgehead atoms. The van der Waals surface area contributed by atoms with Crippen LogP contribution in [0.3, 0.4) is 0 Å². The number of carbonyl (C=O) groups excluding carboxylic acids is 1. The highest BCUT2D eigenvalue weighted by molar-refractivity contribution is 5.83. The van der Waals surface area contributed by atoms with Gasteiger partial charge in [-0.25, -0.2) is 9.59 Å². The first-order valence-corrected chi connectivity index (χ1v) is 7.23. The molecule has 1 saturated heterocycles. The number of aliphatic carboxylic acids is 1. The van der Waals surface area contributed by atoms with E-state index in [0.29, 0.717) is 12.5 Å². The van der Waals surface area contributed by atoms with Gasteiger partial charge in [0.25, 0.3) is 0 Å².